The van der Waals surface area contributed by atoms with Gasteiger partial charge in [0, 0.05) is 18.3 Å². The molecule has 6 heteroatoms. The third-order valence-electron chi connectivity index (χ3n) is 6.93. The number of rotatable bonds is 8. The summed E-state index contributed by atoms with van der Waals surface area (Å²) in [5, 5.41) is 3.17. The van der Waals surface area contributed by atoms with Gasteiger partial charge in [0.25, 0.3) is 0 Å². The molecule has 0 aromatic heterocycles. The Balaban J connectivity index is 1.40. The molecule has 3 unspecified atom stereocenters. The fraction of sp³-hybridized carbons (Fsp3) is 0.739. The van der Waals surface area contributed by atoms with Crippen molar-refractivity contribution in [2.45, 2.75) is 83.6 Å². The molecule has 2 aliphatic rings. The molecular weight excluding hydrogens is 384 g/mol. The van der Waals surface area contributed by atoms with Gasteiger partial charge in [-0.05, 0) is 94.4 Å². The van der Waals surface area contributed by atoms with Gasteiger partial charge in [0.05, 0.1) is 5.25 Å². The molecule has 3 atom stereocenters. The van der Waals surface area contributed by atoms with Gasteiger partial charge in [0.15, 0.2) is 0 Å². The van der Waals surface area contributed by atoms with Crippen LogP contribution in [0.4, 0.5) is 5.69 Å². The number of hydrogen-bond donors (Lipinski definition) is 2. The molecular formula is C23H38N2O3S. The van der Waals surface area contributed by atoms with E-state index in [2.05, 4.69) is 48.2 Å². The largest absolute Gasteiger partial charge is 0.490 e. The summed E-state index contributed by atoms with van der Waals surface area (Å²) in [4.78, 5) is 0. The van der Waals surface area contributed by atoms with Crippen LogP contribution in [0.1, 0.15) is 66.2 Å². The minimum absolute atomic E-state index is 0.0933. The summed E-state index contributed by atoms with van der Waals surface area (Å²) >= 11 is 0. The first kappa shape index (κ1) is 22.4. The van der Waals surface area contributed by atoms with E-state index in [0.717, 1.165) is 56.0 Å². The standard InChI is InChI=1S/C23H38N2O3S/c1-16(2)29(26,27)25-21-8-6-19(7-9-21)15-24-20-10-12-22(13-11-20)28-23-14-5-17(3)18(23)4/h10-13,16-19,21,23-25H,5-9,14-15H2,1-4H3/t17?,18?,19-,21-,23?. The molecule has 0 bridgehead atoms. The van der Waals surface area contributed by atoms with E-state index in [1.54, 1.807) is 13.8 Å². The van der Waals surface area contributed by atoms with Crippen molar-refractivity contribution >= 4 is 15.7 Å². The van der Waals surface area contributed by atoms with Crippen molar-refractivity contribution in [3.63, 3.8) is 0 Å². The summed E-state index contributed by atoms with van der Waals surface area (Å²) in [6.45, 7) is 8.99. The zero-order valence-corrected chi connectivity index (χ0v) is 19.2. The van der Waals surface area contributed by atoms with Gasteiger partial charge in [0.2, 0.25) is 10.0 Å². The summed E-state index contributed by atoms with van der Waals surface area (Å²) in [6, 6.07) is 8.42. The van der Waals surface area contributed by atoms with Gasteiger partial charge in [-0.2, -0.15) is 0 Å². The molecule has 0 heterocycles. The Bertz CT molecular complexity index is 740. The Morgan fingerprint density at radius 3 is 2.21 bits per heavy atom. The van der Waals surface area contributed by atoms with Gasteiger partial charge in [-0.15, -0.1) is 0 Å². The quantitative estimate of drug-likeness (QED) is 0.631. The van der Waals surface area contributed by atoms with E-state index in [9.17, 15) is 8.42 Å². The van der Waals surface area contributed by atoms with Crippen LogP contribution in [-0.4, -0.2) is 32.4 Å². The van der Waals surface area contributed by atoms with E-state index in [-0.39, 0.29) is 11.3 Å². The lowest BCUT2D eigenvalue weighted by molar-refractivity contribution is 0.155. The molecule has 3 rings (SSSR count). The van der Waals surface area contributed by atoms with Crippen LogP contribution in [0.25, 0.3) is 0 Å². The molecule has 0 aliphatic heterocycles. The van der Waals surface area contributed by atoms with Crippen LogP contribution >= 0.6 is 0 Å². The van der Waals surface area contributed by atoms with E-state index in [0.29, 0.717) is 17.9 Å². The Hall–Kier alpha value is -1.27. The van der Waals surface area contributed by atoms with Crippen LogP contribution in [0, 0.1) is 17.8 Å². The second kappa shape index (κ2) is 9.69. The van der Waals surface area contributed by atoms with Crippen LogP contribution in [0.2, 0.25) is 0 Å². The molecule has 5 nitrogen and oxygen atoms in total. The maximum atomic E-state index is 12.0. The third-order valence-corrected chi connectivity index (χ3v) is 8.83. The molecule has 2 saturated carbocycles. The molecule has 2 N–H and O–H groups in total. The summed E-state index contributed by atoms with van der Waals surface area (Å²) in [5.74, 6) is 2.91. The highest BCUT2D eigenvalue weighted by molar-refractivity contribution is 7.90. The predicted octanol–water partition coefficient (Wildman–Crippen LogP) is 4.80. The first-order valence-electron chi connectivity index (χ1n) is 11.3. The Kier molecular flexibility index (Phi) is 7.49. The third kappa shape index (κ3) is 6.11. The van der Waals surface area contributed by atoms with Crippen molar-refractivity contribution in [2.24, 2.45) is 17.8 Å². The van der Waals surface area contributed by atoms with Gasteiger partial charge < -0.3 is 10.1 Å². The summed E-state index contributed by atoms with van der Waals surface area (Å²) in [5.41, 5.74) is 1.12. The number of sulfonamides is 1. The lowest BCUT2D eigenvalue weighted by Crippen LogP contribution is -2.41. The van der Waals surface area contributed by atoms with Gasteiger partial charge in [-0.1, -0.05) is 13.8 Å². The average Bonchev–Trinajstić information content (AvgIpc) is 3.00. The number of benzene rings is 1. The Morgan fingerprint density at radius 2 is 1.66 bits per heavy atom. The molecule has 1 aromatic carbocycles. The van der Waals surface area contributed by atoms with E-state index in [1.165, 1.54) is 6.42 Å². The molecule has 2 fully saturated rings. The molecule has 0 spiro atoms. The predicted molar refractivity (Wildman–Crippen MR) is 120 cm³/mol. The number of ether oxygens (including phenoxy) is 1. The normalized spacial score (nSPS) is 30.4. The highest BCUT2D eigenvalue weighted by atomic mass is 32.2. The van der Waals surface area contributed by atoms with Crippen molar-refractivity contribution < 1.29 is 13.2 Å². The molecule has 1 aromatic rings. The minimum Gasteiger partial charge on any atom is -0.490 e. The maximum Gasteiger partial charge on any atom is 0.214 e. The van der Waals surface area contributed by atoms with Gasteiger partial charge in [0.1, 0.15) is 11.9 Å². The van der Waals surface area contributed by atoms with Crippen LogP contribution in [0.15, 0.2) is 24.3 Å². The van der Waals surface area contributed by atoms with Gasteiger partial charge in [-0.25, -0.2) is 13.1 Å². The fourth-order valence-electron chi connectivity index (χ4n) is 4.43. The molecule has 0 amide bonds. The number of anilines is 1. The van der Waals surface area contributed by atoms with E-state index >= 15 is 0 Å². The average molecular weight is 423 g/mol. The zero-order chi connectivity index (χ0) is 21.0. The van der Waals surface area contributed by atoms with Gasteiger partial charge in [-0.3, -0.25) is 0 Å². The highest BCUT2D eigenvalue weighted by Crippen LogP contribution is 2.34. The monoisotopic (exact) mass is 422 g/mol. The number of nitrogens with one attached hydrogen (secondary N) is 2. The summed E-state index contributed by atoms with van der Waals surface area (Å²) < 4.78 is 33.1. The van der Waals surface area contributed by atoms with Gasteiger partial charge >= 0.3 is 0 Å². The van der Waals surface area contributed by atoms with E-state index in [1.807, 2.05) is 0 Å². The first-order valence-corrected chi connectivity index (χ1v) is 12.8. The highest BCUT2D eigenvalue weighted by Gasteiger charge is 2.31. The zero-order valence-electron chi connectivity index (χ0n) is 18.4. The van der Waals surface area contributed by atoms with Crippen LogP contribution in [0.3, 0.4) is 0 Å². The van der Waals surface area contributed by atoms with Crippen LogP contribution in [-0.2, 0) is 10.0 Å². The maximum absolute atomic E-state index is 12.0. The molecule has 164 valence electrons. The molecule has 29 heavy (non-hydrogen) atoms. The fourth-order valence-corrected chi connectivity index (χ4v) is 5.40. The summed E-state index contributed by atoms with van der Waals surface area (Å²) in [7, 11) is -3.17. The minimum atomic E-state index is -3.17. The van der Waals surface area contributed by atoms with Crippen molar-refractivity contribution in [3.8, 4) is 5.75 Å². The van der Waals surface area contributed by atoms with Crippen LogP contribution in [0.5, 0.6) is 5.75 Å². The smallest absolute Gasteiger partial charge is 0.214 e. The Morgan fingerprint density at radius 1 is 1.00 bits per heavy atom. The van der Waals surface area contributed by atoms with Crippen molar-refractivity contribution in [2.75, 3.05) is 11.9 Å². The first-order chi connectivity index (χ1) is 13.7. The second-order valence-corrected chi connectivity index (χ2v) is 11.7. The van der Waals surface area contributed by atoms with Crippen molar-refractivity contribution in [3.05, 3.63) is 24.3 Å². The topological polar surface area (TPSA) is 67.4 Å². The Labute approximate surface area is 177 Å². The SMILES string of the molecule is CC1CCC(Oc2ccc(NC[C@H]3CC[C@H](NS(=O)(=O)C(C)C)CC3)cc2)C1C. The number of hydrogen-bond acceptors (Lipinski definition) is 4. The molecule has 0 radical (unpaired) electrons. The van der Waals surface area contributed by atoms with Crippen molar-refractivity contribution in [1.29, 1.82) is 0 Å². The lowest BCUT2D eigenvalue weighted by atomic mass is 9.86. The van der Waals surface area contributed by atoms with E-state index in [4.69, 9.17) is 4.74 Å². The lowest BCUT2D eigenvalue weighted by Gasteiger charge is -2.29. The van der Waals surface area contributed by atoms with Crippen molar-refractivity contribution in [1.82, 2.24) is 4.72 Å². The molecule has 2 aliphatic carbocycles. The molecule has 0 saturated heterocycles. The van der Waals surface area contributed by atoms with Crippen LogP contribution < -0.4 is 14.8 Å². The summed E-state index contributed by atoms with van der Waals surface area (Å²) in [6.07, 6.45) is 6.69. The van der Waals surface area contributed by atoms with E-state index < -0.39 is 10.0 Å². The second-order valence-electron chi connectivity index (χ2n) is 9.40.